The van der Waals surface area contributed by atoms with Gasteiger partial charge in [-0.05, 0) is 19.1 Å². The third-order valence-electron chi connectivity index (χ3n) is 3.81. The number of hydrogen-bond acceptors (Lipinski definition) is 4. The van der Waals surface area contributed by atoms with Crippen molar-refractivity contribution < 1.29 is 4.79 Å². The van der Waals surface area contributed by atoms with Crippen LogP contribution in [0.3, 0.4) is 0 Å². The van der Waals surface area contributed by atoms with Gasteiger partial charge < -0.3 is 10.6 Å². The summed E-state index contributed by atoms with van der Waals surface area (Å²) in [5, 5.41) is 4.87. The Morgan fingerprint density at radius 2 is 2.19 bits per heavy atom. The van der Waals surface area contributed by atoms with Gasteiger partial charge in [0.25, 0.3) is 5.91 Å². The molecule has 2 N–H and O–H groups in total. The highest BCUT2D eigenvalue weighted by Crippen LogP contribution is 2.26. The highest BCUT2D eigenvalue weighted by Gasteiger charge is 2.26. The minimum Gasteiger partial charge on any atom is -0.364 e. The lowest BCUT2D eigenvalue weighted by Gasteiger charge is -2.28. The second kappa shape index (κ2) is 5.04. The Morgan fingerprint density at radius 1 is 1.43 bits per heavy atom. The van der Waals surface area contributed by atoms with Crippen molar-refractivity contribution >= 4 is 23.3 Å². The molecule has 2 aromatic heterocycles. The average molecular weight is 306 g/mol. The summed E-state index contributed by atoms with van der Waals surface area (Å²) in [6.07, 6.45) is 0.801. The van der Waals surface area contributed by atoms with Crippen molar-refractivity contribution in [3.05, 3.63) is 39.8 Å². The molecular weight excluding hydrogens is 290 g/mol. The highest BCUT2D eigenvalue weighted by molar-refractivity contribution is 6.31. The molecule has 0 radical (unpaired) electrons. The standard InChI is InChI=1S/C14H16ClN5O/c1-8-10(15)3-4-12(17-8)20-6-5-11-9(7-20)13(14(16)21)18-19(11)2/h3-4H,5-7H2,1-2H3,(H2,16,21). The summed E-state index contributed by atoms with van der Waals surface area (Å²) in [4.78, 5) is 18.1. The van der Waals surface area contributed by atoms with Gasteiger partial charge in [0.05, 0.1) is 10.7 Å². The number of rotatable bonds is 2. The van der Waals surface area contributed by atoms with Crippen LogP contribution in [0.25, 0.3) is 0 Å². The van der Waals surface area contributed by atoms with Crippen LogP contribution >= 0.6 is 11.6 Å². The molecule has 7 heteroatoms. The van der Waals surface area contributed by atoms with Crippen LogP contribution < -0.4 is 10.6 Å². The molecule has 0 aliphatic carbocycles. The molecule has 2 aromatic rings. The largest absolute Gasteiger partial charge is 0.364 e. The lowest BCUT2D eigenvalue weighted by Crippen LogP contribution is -2.32. The van der Waals surface area contributed by atoms with Crippen molar-refractivity contribution in [3.8, 4) is 0 Å². The second-order valence-corrected chi connectivity index (χ2v) is 5.58. The summed E-state index contributed by atoms with van der Waals surface area (Å²) in [6, 6.07) is 3.73. The predicted molar refractivity (Wildman–Crippen MR) is 80.5 cm³/mol. The van der Waals surface area contributed by atoms with E-state index in [1.54, 1.807) is 4.68 Å². The fraction of sp³-hybridized carbons (Fsp3) is 0.357. The first-order chi connectivity index (χ1) is 9.97. The number of hydrogen-bond donors (Lipinski definition) is 1. The topological polar surface area (TPSA) is 77.0 Å². The van der Waals surface area contributed by atoms with E-state index in [4.69, 9.17) is 17.3 Å². The summed E-state index contributed by atoms with van der Waals surface area (Å²) in [5.74, 6) is 0.357. The molecule has 110 valence electrons. The van der Waals surface area contributed by atoms with Crippen molar-refractivity contribution in [3.63, 3.8) is 0 Å². The first-order valence-corrected chi connectivity index (χ1v) is 7.08. The van der Waals surface area contributed by atoms with Crippen LogP contribution in [0.4, 0.5) is 5.82 Å². The Kier molecular flexibility index (Phi) is 3.33. The zero-order valence-electron chi connectivity index (χ0n) is 11.9. The van der Waals surface area contributed by atoms with E-state index in [9.17, 15) is 4.79 Å². The second-order valence-electron chi connectivity index (χ2n) is 5.17. The molecule has 0 fully saturated rings. The number of amides is 1. The minimum absolute atomic E-state index is 0.350. The summed E-state index contributed by atoms with van der Waals surface area (Å²) in [6.45, 7) is 3.27. The van der Waals surface area contributed by atoms with Gasteiger partial charge >= 0.3 is 0 Å². The fourth-order valence-corrected chi connectivity index (χ4v) is 2.80. The van der Waals surface area contributed by atoms with Crippen molar-refractivity contribution in [2.45, 2.75) is 19.9 Å². The normalized spacial score (nSPS) is 14.1. The lowest BCUT2D eigenvalue weighted by atomic mass is 10.0. The van der Waals surface area contributed by atoms with Gasteiger partial charge in [-0.3, -0.25) is 9.48 Å². The van der Waals surface area contributed by atoms with Crippen LogP contribution in [0.5, 0.6) is 0 Å². The Hall–Kier alpha value is -2.08. The van der Waals surface area contributed by atoms with E-state index in [0.717, 1.165) is 35.7 Å². The number of nitrogens with two attached hydrogens (primary N) is 1. The molecule has 1 aliphatic rings. The molecule has 3 rings (SSSR count). The maximum absolute atomic E-state index is 11.5. The van der Waals surface area contributed by atoms with Gasteiger partial charge in [-0.1, -0.05) is 11.6 Å². The monoisotopic (exact) mass is 305 g/mol. The molecule has 1 amide bonds. The smallest absolute Gasteiger partial charge is 0.269 e. The number of aromatic nitrogens is 3. The first-order valence-electron chi connectivity index (χ1n) is 6.70. The molecule has 3 heterocycles. The molecule has 0 aromatic carbocycles. The summed E-state index contributed by atoms with van der Waals surface area (Å²) < 4.78 is 1.74. The van der Waals surface area contributed by atoms with Gasteiger partial charge in [-0.25, -0.2) is 4.98 Å². The zero-order valence-corrected chi connectivity index (χ0v) is 12.7. The van der Waals surface area contributed by atoms with Gasteiger partial charge in [0.2, 0.25) is 0 Å². The first kappa shape index (κ1) is 13.9. The maximum Gasteiger partial charge on any atom is 0.269 e. The van der Waals surface area contributed by atoms with E-state index >= 15 is 0 Å². The van der Waals surface area contributed by atoms with Gasteiger partial charge in [0.15, 0.2) is 5.69 Å². The van der Waals surface area contributed by atoms with E-state index in [1.807, 2.05) is 26.1 Å². The van der Waals surface area contributed by atoms with Crippen LogP contribution in [0.2, 0.25) is 5.02 Å². The number of aryl methyl sites for hydroxylation is 2. The van der Waals surface area contributed by atoms with Gasteiger partial charge in [-0.2, -0.15) is 5.10 Å². The minimum atomic E-state index is -0.492. The Balaban J connectivity index is 1.96. The quantitative estimate of drug-likeness (QED) is 0.911. The van der Waals surface area contributed by atoms with Crippen LogP contribution in [0.15, 0.2) is 12.1 Å². The van der Waals surface area contributed by atoms with Crippen LogP contribution in [-0.4, -0.2) is 27.2 Å². The Bertz CT molecular complexity index is 724. The van der Waals surface area contributed by atoms with Gasteiger partial charge in [0, 0.05) is 37.8 Å². The van der Waals surface area contributed by atoms with Crippen molar-refractivity contribution in [2.24, 2.45) is 12.8 Å². The number of carbonyl (C=O) groups excluding carboxylic acids is 1. The van der Waals surface area contributed by atoms with E-state index in [0.29, 0.717) is 17.3 Å². The molecule has 0 saturated heterocycles. The number of pyridine rings is 1. The SMILES string of the molecule is Cc1nc(N2CCc3c(c(C(N)=O)nn3C)C2)ccc1Cl. The van der Waals surface area contributed by atoms with E-state index in [2.05, 4.69) is 15.0 Å². The van der Waals surface area contributed by atoms with E-state index in [-0.39, 0.29) is 0 Å². The molecule has 21 heavy (non-hydrogen) atoms. The van der Waals surface area contributed by atoms with Crippen molar-refractivity contribution in [1.29, 1.82) is 0 Å². The fourth-order valence-electron chi connectivity index (χ4n) is 2.69. The third-order valence-corrected chi connectivity index (χ3v) is 4.21. The number of primary amides is 1. The maximum atomic E-state index is 11.5. The number of fused-ring (bicyclic) bond motifs is 1. The summed E-state index contributed by atoms with van der Waals surface area (Å²) >= 11 is 6.02. The summed E-state index contributed by atoms with van der Waals surface area (Å²) in [7, 11) is 1.84. The molecule has 0 bridgehead atoms. The molecule has 0 unspecified atom stereocenters. The van der Waals surface area contributed by atoms with Gasteiger partial charge in [-0.15, -0.1) is 0 Å². The molecular formula is C14H16ClN5O. The van der Waals surface area contributed by atoms with E-state index in [1.165, 1.54) is 0 Å². The molecule has 0 saturated carbocycles. The predicted octanol–water partition coefficient (Wildman–Crippen LogP) is 1.44. The summed E-state index contributed by atoms with van der Waals surface area (Å²) in [5.41, 5.74) is 8.51. The van der Waals surface area contributed by atoms with Crippen LogP contribution in [0, 0.1) is 6.92 Å². The lowest BCUT2D eigenvalue weighted by molar-refractivity contribution is 0.0994. The number of carbonyl (C=O) groups is 1. The molecule has 0 spiro atoms. The van der Waals surface area contributed by atoms with Crippen molar-refractivity contribution in [2.75, 3.05) is 11.4 Å². The third kappa shape index (κ3) is 2.35. The van der Waals surface area contributed by atoms with Crippen LogP contribution in [0.1, 0.15) is 27.4 Å². The number of anilines is 1. The average Bonchev–Trinajstić information content (AvgIpc) is 2.79. The van der Waals surface area contributed by atoms with E-state index < -0.39 is 5.91 Å². The Labute approximate surface area is 127 Å². The zero-order chi connectivity index (χ0) is 15.1. The Morgan fingerprint density at radius 3 is 2.86 bits per heavy atom. The molecule has 1 aliphatic heterocycles. The van der Waals surface area contributed by atoms with Crippen LogP contribution in [-0.2, 0) is 20.0 Å². The number of halogens is 1. The van der Waals surface area contributed by atoms with Crippen molar-refractivity contribution in [1.82, 2.24) is 14.8 Å². The van der Waals surface area contributed by atoms with Gasteiger partial charge in [0.1, 0.15) is 5.82 Å². The molecule has 6 nitrogen and oxygen atoms in total. The molecule has 0 atom stereocenters. The number of nitrogens with zero attached hydrogens (tertiary/aromatic N) is 4. The highest BCUT2D eigenvalue weighted by atomic mass is 35.5.